The minimum Gasteiger partial charge on any atom is -0.313 e. The lowest BCUT2D eigenvalue weighted by atomic mass is 10.2. The SMILES string of the molecule is CCNCc1c(S(=O)(=O)NCC2CCCN2C)n[nH]c1C. The summed E-state index contributed by atoms with van der Waals surface area (Å²) in [6.45, 7) is 6.56. The monoisotopic (exact) mass is 315 g/mol. The summed E-state index contributed by atoms with van der Waals surface area (Å²) in [6.07, 6.45) is 2.15. The highest BCUT2D eigenvalue weighted by Gasteiger charge is 2.27. The Kier molecular flexibility index (Phi) is 5.37. The van der Waals surface area contributed by atoms with E-state index in [4.69, 9.17) is 0 Å². The van der Waals surface area contributed by atoms with Crippen molar-refractivity contribution in [2.24, 2.45) is 0 Å². The summed E-state index contributed by atoms with van der Waals surface area (Å²) in [5.41, 5.74) is 1.50. The third-order valence-corrected chi connectivity index (χ3v) is 5.42. The predicted molar refractivity (Wildman–Crippen MR) is 81.5 cm³/mol. The van der Waals surface area contributed by atoms with Crippen LogP contribution in [0.4, 0.5) is 0 Å². The minimum atomic E-state index is -3.57. The van der Waals surface area contributed by atoms with Crippen LogP contribution >= 0.6 is 0 Å². The van der Waals surface area contributed by atoms with E-state index < -0.39 is 10.0 Å². The Labute approximate surface area is 126 Å². The van der Waals surface area contributed by atoms with Gasteiger partial charge in [0.1, 0.15) is 0 Å². The van der Waals surface area contributed by atoms with Gasteiger partial charge in [-0.25, -0.2) is 13.1 Å². The Hall–Kier alpha value is -0.960. The second-order valence-electron chi connectivity index (χ2n) is 5.54. The van der Waals surface area contributed by atoms with Crippen LogP contribution in [0, 0.1) is 6.92 Å². The van der Waals surface area contributed by atoms with Crippen molar-refractivity contribution < 1.29 is 8.42 Å². The fourth-order valence-electron chi connectivity index (χ4n) is 2.62. The summed E-state index contributed by atoms with van der Waals surface area (Å²) in [6, 6.07) is 0.275. The van der Waals surface area contributed by atoms with Crippen LogP contribution in [0.5, 0.6) is 0 Å². The molecule has 0 spiro atoms. The number of hydrogen-bond acceptors (Lipinski definition) is 5. The first-order valence-electron chi connectivity index (χ1n) is 7.40. The average Bonchev–Trinajstić information content (AvgIpc) is 3.01. The van der Waals surface area contributed by atoms with E-state index in [1.807, 2.05) is 20.9 Å². The van der Waals surface area contributed by atoms with Gasteiger partial charge < -0.3 is 10.2 Å². The zero-order valence-electron chi connectivity index (χ0n) is 12.9. The number of nitrogens with zero attached hydrogens (tertiary/aromatic N) is 2. The molecular weight excluding hydrogens is 290 g/mol. The summed E-state index contributed by atoms with van der Waals surface area (Å²) in [7, 11) is -1.54. The normalized spacial score (nSPS) is 20.2. The van der Waals surface area contributed by atoms with E-state index in [0.717, 1.165) is 31.6 Å². The maximum absolute atomic E-state index is 12.5. The van der Waals surface area contributed by atoms with Crippen molar-refractivity contribution in [3.8, 4) is 0 Å². The molecule has 0 amide bonds. The maximum atomic E-state index is 12.5. The van der Waals surface area contributed by atoms with Crippen molar-refractivity contribution in [2.75, 3.05) is 26.7 Å². The van der Waals surface area contributed by atoms with Gasteiger partial charge in [-0.2, -0.15) is 5.10 Å². The summed E-state index contributed by atoms with van der Waals surface area (Å²) in [5, 5.41) is 10.0. The van der Waals surface area contributed by atoms with E-state index in [-0.39, 0.29) is 11.1 Å². The third kappa shape index (κ3) is 3.82. The van der Waals surface area contributed by atoms with Crippen molar-refractivity contribution in [1.29, 1.82) is 0 Å². The second-order valence-corrected chi connectivity index (χ2v) is 7.22. The summed E-state index contributed by atoms with van der Waals surface area (Å²) in [5.74, 6) is 0. The Morgan fingerprint density at radius 1 is 1.48 bits per heavy atom. The molecule has 2 rings (SSSR count). The van der Waals surface area contributed by atoms with Gasteiger partial charge in [0.05, 0.1) is 0 Å². The Bertz CT molecular complexity index is 569. The molecule has 1 aliphatic rings. The quantitative estimate of drug-likeness (QED) is 0.669. The molecule has 0 radical (unpaired) electrons. The topological polar surface area (TPSA) is 90.1 Å². The zero-order chi connectivity index (χ0) is 15.5. The van der Waals surface area contributed by atoms with Crippen molar-refractivity contribution in [2.45, 2.75) is 44.3 Å². The number of likely N-dealkylation sites (N-methyl/N-ethyl adjacent to an activating group) is 1. The van der Waals surface area contributed by atoms with Crippen molar-refractivity contribution in [1.82, 2.24) is 25.1 Å². The molecule has 21 heavy (non-hydrogen) atoms. The molecule has 2 heterocycles. The Morgan fingerprint density at radius 3 is 2.86 bits per heavy atom. The van der Waals surface area contributed by atoms with Crippen LogP contribution in [0.2, 0.25) is 0 Å². The van der Waals surface area contributed by atoms with Gasteiger partial charge in [-0.3, -0.25) is 5.10 Å². The molecule has 1 unspecified atom stereocenters. The number of H-pyrrole nitrogens is 1. The van der Waals surface area contributed by atoms with Gasteiger partial charge in [-0.1, -0.05) is 6.92 Å². The van der Waals surface area contributed by atoms with Gasteiger partial charge >= 0.3 is 0 Å². The number of aromatic amines is 1. The largest absolute Gasteiger partial charge is 0.313 e. The molecule has 1 atom stereocenters. The lowest BCUT2D eigenvalue weighted by Gasteiger charge is -2.19. The molecule has 1 aromatic heterocycles. The molecule has 0 aromatic carbocycles. The van der Waals surface area contributed by atoms with Gasteiger partial charge in [-0.15, -0.1) is 0 Å². The molecule has 120 valence electrons. The molecule has 1 fully saturated rings. The maximum Gasteiger partial charge on any atom is 0.260 e. The van der Waals surface area contributed by atoms with Gasteiger partial charge in [0.15, 0.2) is 5.03 Å². The highest BCUT2D eigenvalue weighted by Crippen LogP contribution is 2.18. The van der Waals surface area contributed by atoms with Crippen molar-refractivity contribution >= 4 is 10.0 Å². The number of sulfonamides is 1. The van der Waals surface area contributed by atoms with E-state index in [1.165, 1.54) is 0 Å². The van der Waals surface area contributed by atoms with E-state index in [0.29, 0.717) is 18.7 Å². The van der Waals surface area contributed by atoms with Gasteiger partial charge in [0.2, 0.25) is 0 Å². The molecule has 1 saturated heterocycles. The smallest absolute Gasteiger partial charge is 0.260 e. The highest BCUT2D eigenvalue weighted by molar-refractivity contribution is 7.89. The summed E-state index contributed by atoms with van der Waals surface area (Å²) in [4.78, 5) is 2.19. The molecule has 7 nitrogen and oxygen atoms in total. The first-order valence-corrected chi connectivity index (χ1v) is 8.88. The van der Waals surface area contributed by atoms with Crippen LogP contribution in [0.15, 0.2) is 5.03 Å². The Morgan fingerprint density at radius 2 is 2.24 bits per heavy atom. The second kappa shape index (κ2) is 6.87. The van der Waals surface area contributed by atoms with Crippen molar-refractivity contribution in [3.05, 3.63) is 11.3 Å². The number of aryl methyl sites for hydroxylation is 1. The lowest BCUT2D eigenvalue weighted by molar-refractivity contribution is 0.310. The number of aromatic nitrogens is 2. The predicted octanol–water partition coefficient (Wildman–Crippen LogP) is 0.200. The zero-order valence-corrected chi connectivity index (χ0v) is 13.8. The molecule has 0 saturated carbocycles. The average molecular weight is 315 g/mol. The van der Waals surface area contributed by atoms with E-state index in [1.54, 1.807) is 0 Å². The van der Waals surface area contributed by atoms with E-state index in [2.05, 4.69) is 25.1 Å². The summed E-state index contributed by atoms with van der Waals surface area (Å²) < 4.78 is 27.6. The standard InChI is InChI=1S/C13H25N5O2S/c1-4-14-9-12-10(2)16-17-13(12)21(19,20)15-8-11-6-5-7-18(11)3/h11,14-15H,4-9H2,1-3H3,(H,16,17). The molecule has 0 aliphatic carbocycles. The molecule has 0 bridgehead atoms. The van der Waals surface area contributed by atoms with Crippen LogP contribution in [-0.4, -0.2) is 56.2 Å². The van der Waals surface area contributed by atoms with Crippen LogP contribution in [0.3, 0.4) is 0 Å². The van der Waals surface area contributed by atoms with Crippen LogP contribution in [0.25, 0.3) is 0 Å². The fraction of sp³-hybridized carbons (Fsp3) is 0.769. The molecule has 8 heteroatoms. The minimum absolute atomic E-state index is 0.113. The van der Waals surface area contributed by atoms with Crippen LogP contribution in [0.1, 0.15) is 31.0 Å². The molecule has 1 aromatic rings. The van der Waals surface area contributed by atoms with E-state index in [9.17, 15) is 8.42 Å². The van der Waals surface area contributed by atoms with Crippen molar-refractivity contribution in [3.63, 3.8) is 0 Å². The van der Waals surface area contributed by atoms with Gasteiger partial charge in [0, 0.05) is 30.4 Å². The number of rotatable bonds is 7. The molecular formula is C13H25N5O2S. The van der Waals surface area contributed by atoms with Crippen LogP contribution < -0.4 is 10.0 Å². The molecule has 3 N–H and O–H groups in total. The Balaban J connectivity index is 2.08. The number of nitrogens with one attached hydrogen (secondary N) is 3. The van der Waals surface area contributed by atoms with Gasteiger partial charge in [0.25, 0.3) is 10.0 Å². The molecule has 1 aliphatic heterocycles. The number of likely N-dealkylation sites (tertiary alicyclic amines) is 1. The summed E-state index contributed by atoms with van der Waals surface area (Å²) >= 11 is 0. The third-order valence-electron chi connectivity index (χ3n) is 4.02. The first kappa shape index (κ1) is 16.4. The highest BCUT2D eigenvalue weighted by atomic mass is 32.2. The van der Waals surface area contributed by atoms with Gasteiger partial charge in [-0.05, 0) is 39.9 Å². The fourth-order valence-corrected chi connectivity index (χ4v) is 3.89. The van der Waals surface area contributed by atoms with Crippen LogP contribution in [-0.2, 0) is 16.6 Å². The van der Waals surface area contributed by atoms with E-state index >= 15 is 0 Å². The lowest BCUT2D eigenvalue weighted by Crippen LogP contribution is -2.38. The first-order chi connectivity index (χ1) is 9.95. The number of hydrogen-bond donors (Lipinski definition) is 3.